The maximum Gasteiger partial charge on any atom is 0.165 e. The van der Waals surface area contributed by atoms with Gasteiger partial charge in [0.25, 0.3) is 0 Å². The molecular weight excluding hydrogens is 442 g/mol. The van der Waals surface area contributed by atoms with E-state index in [0.717, 1.165) is 44.5 Å². The van der Waals surface area contributed by atoms with E-state index in [-0.39, 0.29) is 0 Å². The molecule has 34 heavy (non-hydrogen) atoms. The Bertz CT molecular complexity index is 1290. The van der Waals surface area contributed by atoms with Crippen LogP contribution in [-0.2, 0) is 19.6 Å². The minimum Gasteiger partial charge on any atom is -0.490 e. The Hall–Kier alpha value is -3.43. The van der Waals surface area contributed by atoms with Crippen molar-refractivity contribution in [2.75, 3.05) is 11.9 Å². The standard InChI is InChI=1S/C30H30ClNO2/c1-4-9-24-16-22(19-32-26-15-14-21(3)28(31)18-26)17-29(33-5-2)30(24)34-20-25-12-8-11-23-10-6-7-13-27(23)25/h4,6-8,10-18,32H,1,5,9,19-20H2,2-3H3. The van der Waals surface area contributed by atoms with Gasteiger partial charge in [-0.3, -0.25) is 0 Å². The number of rotatable bonds is 10. The summed E-state index contributed by atoms with van der Waals surface area (Å²) < 4.78 is 12.4. The van der Waals surface area contributed by atoms with E-state index >= 15 is 0 Å². The summed E-state index contributed by atoms with van der Waals surface area (Å²) in [5.41, 5.74) is 5.35. The number of benzene rings is 4. The molecule has 0 bridgehead atoms. The van der Waals surface area contributed by atoms with E-state index in [1.807, 2.05) is 38.1 Å². The van der Waals surface area contributed by atoms with Gasteiger partial charge in [-0.05, 0) is 72.0 Å². The third kappa shape index (κ3) is 5.55. The molecule has 0 saturated carbocycles. The number of nitrogens with one attached hydrogen (secondary N) is 1. The summed E-state index contributed by atoms with van der Waals surface area (Å²) in [6.45, 7) is 9.60. The van der Waals surface area contributed by atoms with E-state index in [4.69, 9.17) is 21.1 Å². The van der Waals surface area contributed by atoms with Crippen LogP contribution in [0, 0.1) is 6.92 Å². The van der Waals surface area contributed by atoms with Crippen LogP contribution in [-0.4, -0.2) is 6.61 Å². The van der Waals surface area contributed by atoms with E-state index < -0.39 is 0 Å². The first kappa shape index (κ1) is 23.7. The molecule has 4 heteroatoms. The summed E-state index contributed by atoms with van der Waals surface area (Å²) in [5.74, 6) is 1.53. The normalized spacial score (nSPS) is 10.8. The molecule has 0 spiro atoms. The van der Waals surface area contributed by atoms with Crippen molar-refractivity contribution in [3.8, 4) is 11.5 Å². The van der Waals surface area contributed by atoms with E-state index in [2.05, 4.69) is 66.5 Å². The lowest BCUT2D eigenvalue weighted by molar-refractivity contribution is 0.267. The fraction of sp³-hybridized carbons (Fsp3) is 0.200. The first-order chi connectivity index (χ1) is 16.6. The highest BCUT2D eigenvalue weighted by atomic mass is 35.5. The first-order valence-electron chi connectivity index (χ1n) is 11.6. The summed E-state index contributed by atoms with van der Waals surface area (Å²) in [7, 11) is 0. The van der Waals surface area contributed by atoms with E-state index in [0.29, 0.717) is 26.2 Å². The summed E-state index contributed by atoms with van der Waals surface area (Å²) in [5, 5.41) is 6.62. The van der Waals surface area contributed by atoms with Gasteiger partial charge in [-0.2, -0.15) is 0 Å². The number of halogens is 1. The molecule has 0 aromatic heterocycles. The zero-order valence-electron chi connectivity index (χ0n) is 19.7. The average molecular weight is 472 g/mol. The van der Waals surface area contributed by atoms with Gasteiger partial charge in [0.15, 0.2) is 11.5 Å². The van der Waals surface area contributed by atoms with Crippen molar-refractivity contribution in [3.63, 3.8) is 0 Å². The number of fused-ring (bicyclic) bond motifs is 1. The van der Waals surface area contributed by atoms with Crippen molar-refractivity contribution >= 4 is 28.1 Å². The Balaban J connectivity index is 1.60. The SMILES string of the molecule is C=CCc1cc(CNc2ccc(C)c(Cl)c2)cc(OCC)c1OCc1cccc2ccccc12. The van der Waals surface area contributed by atoms with Crippen molar-refractivity contribution in [2.45, 2.75) is 33.4 Å². The number of anilines is 1. The molecule has 0 aliphatic heterocycles. The van der Waals surface area contributed by atoms with Crippen LogP contribution in [0.1, 0.15) is 29.2 Å². The monoisotopic (exact) mass is 471 g/mol. The topological polar surface area (TPSA) is 30.5 Å². The molecular formula is C30H30ClNO2. The maximum atomic E-state index is 6.40. The van der Waals surface area contributed by atoms with Crippen molar-refractivity contribution in [1.29, 1.82) is 0 Å². The van der Waals surface area contributed by atoms with Gasteiger partial charge in [0.2, 0.25) is 0 Å². The molecule has 0 aliphatic rings. The average Bonchev–Trinajstić information content (AvgIpc) is 2.84. The van der Waals surface area contributed by atoms with Crippen LogP contribution in [0.4, 0.5) is 5.69 Å². The number of hydrogen-bond acceptors (Lipinski definition) is 3. The number of hydrogen-bond donors (Lipinski definition) is 1. The zero-order valence-corrected chi connectivity index (χ0v) is 20.5. The predicted octanol–water partition coefficient (Wildman–Crippen LogP) is 8.12. The highest BCUT2D eigenvalue weighted by Gasteiger charge is 2.14. The van der Waals surface area contributed by atoms with Crippen molar-refractivity contribution < 1.29 is 9.47 Å². The quantitative estimate of drug-likeness (QED) is 0.237. The second-order valence-electron chi connectivity index (χ2n) is 8.25. The third-order valence-electron chi connectivity index (χ3n) is 5.78. The summed E-state index contributed by atoms with van der Waals surface area (Å²) in [6.07, 6.45) is 2.59. The molecule has 4 aromatic rings. The second-order valence-corrected chi connectivity index (χ2v) is 8.66. The lowest BCUT2D eigenvalue weighted by Crippen LogP contribution is -2.06. The fourth-order valence-corrected chi connectivity index (χ4v) is 4.21. The lowest BCUT2D eigenvalue weighted by atomic mass is 10.0. The van der Waals surface area contributed by atoms with Crippen LogP contribution in [0.5, 0.6) is 11.5 Å². The highest BCUT2D eigenvalue weighted by molar-refractivity contribution is 6.31. The van der Waals surface area contributed by atoms with Crippen molar-refractivity contribution in [3.05, 3.63) is 113 Å². The van der Waals surface area contributed by atoms with Crippen LogP contribution in [0.2, 0.25) is 5.02 Å². The summed E-state index contributed by atoms with van der Waals surface area (Å²) >= 11 is 6.28. The van der Waals surface area contributed by atoms with Crippen LogP contribution >= 0.6 is 11.6 Å². The largest absolute Gasteiger partial charge is 0.490 e. The van der Waals surface area contributed by atoms with E-state index in [9.17, 15) is 0 Å². The molecule has 1 N–H and O–H groups in total. The first-order valence-corrected chi connectivity index (χ1v) is 12.0. The van der Waals surface area contributed by atoms with Gasteiger partial charge in [0, 0.05) is 22.8 Å². The third-order valence-corrected chi connectivity index (χ3v) is 6.18. The molecule has 0 aliphatic carbocycles. The Morgan fingerprint density at radius 1 is 0.941 bits per heavy atom. The van der Waals surface area contributed by atoms with Crippen LogP contribution in [0.15, 0.2) is 85.5 Å². The van der Waals surface area contributed by atoms with Gasteiger partial charge in [-0.25, -0.2) is 0 Å². The van der Waals surface area contributed by atoms with E-state index in [1.54, 1.807) is 0 Å². The minimum absolute atomic E-state index is 0.463. The van der Waals surface area contributed by atoms with E-state index in [1.165, 1.54) is 10.8 Å². The number of aryl methyl sites for hydroxylation is 1. The van der Waals surface area contributed by atoms with Crippen LogP contribution < -0.4 is 14.8 Å². The Labute approximate surface area is 207 Å². The van der Waals surface area contributed by atoms with Crippen molar-refractivity contribution in [1.82, 2.24) is 0 Å². The smallest absolute Gasteiger partial charge is 0.165 e. The van der Waals surface area contributed by atoms with Crippen LogP contribution in [0.3, 0.4) is 0 Å². The Kier molecular flexibility index (Phi) is 7.76. The maximum absolute atomic E-state index is 6.40. The van der Waals surface area contributed by atoms with Crippen LogP contribution in [0.25, 0.3) is 10.8 Å². The molecule has 4 rings (SSSR count). The Morgan fingerprint density at radius 2 is 1.76 bits per heavy atom. The second kappa shape index (κ2) is 11.1. The van der Waals surface area contributed by atoms with Gasteiger partial charge >= 0.3 is 0 Å². The molecule has 174 valence electrons. The minimum atomic E-state index is 0.463. The molecule has 3 nitrogen and oxygen atoms in total. The molecule has 0 unspecified atom stereocenters. The zero-order chi connectivity index (χ0) is 23.9. The Morgan fingerprint density at radius 3 is 2.56 bits per heavy atom. The van der Waals surface area contributed by atoms with Crippen molar-refractivity contribution in [2.24, 2.45) is 0 Å². The molecule has 0 atom stereocenters. The van der Waals surface area contributed by atoms with Gasteiger partial charge in [-0.1, -0.05) is 66.2 Å². The predicted molar refractivity (Wildman–Crippen MR) is 143 cm³/mol. The molecule has 0 radical (unpaired) electrons. The number of allylic oxidation sites excluding steroid dienone is 1. The molecule has 0 amide bonds. The molecule has 4 aromatic carbocycles. The van der Waals surface area contributed by atoms with Gasteiger partial charge < -0.3 is 14.8 Å². The van der Waals surface area contributed by atoms with Gasteiger partial charge in [-0.15, -0.1) is 6.58 Å². The molecule has 0 heterocycles. The molecule has 0 saturated heterocycles. The number of ether oxygens (including phenoxy) is 2. The lowest BCUT2D eigenvalue weighted by Gasteiger charge is -2.18. The van der Waals surface area contributed by atoms with Gasteiger partial charge in [0.05, 0.1) is 6.61 Å². The fourth-order valence-electron chi connectivity index (χ4n) is 4.03. The van der Waals surface area contributed by atoms with Gasteiger partial charge in [0.1, 0.15) is 6.61 Å². The summed E-state index contributed by atoms with van der Waals surface area (Å²) in [6, 6.07) is 24.9. The summed E-state index contributed by atoms with van der Waals surface area (Å²) in [4.78, 5) is 0. The highest BCUT2D eigenvalue weighted by Crippen LogP contribution is 2.35. The molecule has 0 fully saturated rings.